The van der Waals surface area contributed by atoms with Crippen molar-refractivity contribution in [3.8, 4) is 0 Å². The predicted molar refractivity (Wildman–Crippen MR) is 69.2 cm³/mol. The Kier molecular flexibility index (Phi) is 7.98. The van der Waals surface area contributed by atoms with Crippen molar-refractivity contribution in [2.45, 2.75) is 56.8 Å². The van der Waals surface area contributed by atoms with E-state index in [9.17, 15) is 43.2 Å². The lowest BCUT2D eigenvalue weighted by molar-refractivity contribution is -0.101. The fraction of sp³-hybridized carbons (Fsp3) is 1.00. The van der Waals surface area contributed by atoms with E-state index in [2.05, 4.69) is 8.37 Å². The quantitative estimate of drug-likeness (QED) is 0.251. The van der Waals surface area contributed by atoms with E-state index >= 15 is 0 Å². The molecule has 6 nitrogen and oxygen atoms in total. The molecule has 24 heavy (non-hydrogen) atoms. The maximum Gasteiger partial charge on any atom is 0.523 e. The second-order valence-electron chi connectivity index (χ2n) is 4.67. The molecule has 0 saturated heterocycles. The third-order valence-corrected chi connectivity index (χ3v) is 4.87. The molecule has 0 heterocycles. The minimum atomic E-state index is -6.35. The average Bonchev–Trinajstić information content (AvgIpc) is 2.35. The first-order valence-electron chi connectivity index (χ1n) is 6.58. The highest BCUT2D eigenvalue weighted by atomic mass is 32.2. The monoisotopic (exact) mass is 410 g/mol. The molecule has 0 fully saturated rings. The Bertz CT molecular complexity index is 548. The number of rotatable bonds is 9. The summed E-state index contributed by atoms with van der Waals surface area (Å²) in [6.07, 6.45) is -2.30. The molecular formula is C10H16F6O6S2. The van der Waals surface area contributed by atoms with Crippen molar-refractivity contribution in [3.63, 3.8) is 0 Å². The van der Waals surface area contributed by atoms with Crippen LogP contribution in [0.3, 0.4) is 0 Å². The highest BCUT2D eigenvalue weighted by Gasteiger charge is 2.53. The first-order chi connectivity index (χ1) is 10.6. The van der Waals surface area contributed by atoms with Crippen molar-refractivity contribution >= 4 is 20.2 Å². The molecule has 14 heteroatoms. The van der Waals surface area contributed by atoms with Crippen LogP contribution in [-0.2, 0) is 28.6 Å². The summed E-state index contributed by atoms with van der Waals surface area (Å²) in [6, 6.07) is 0. The van der Waals surface area contributed by atoms with Gasteiger partial charge in [0, 0.05) is 5.92 Å². The molecule has 0 spiro atoms. The molecule has 0 amide bonds. The minimum absolute atomic E-state index is 0.0988. The van der Waals surface area contributed by atoms with E-state index in [1.807, 2.05) is 0 Å². The maximum absolute atomic E-state index is 12.3. The van der Waals surface area contributed by atoms with Gasteiger partial charge in [0.05, 0.1) is 0 Å². The second-order valence-corrected chi connectivity index (χ2v) is 7.80. The van der Waals surface area contributed by atoms with Gasteiger partial charge >= 0.3 is 31.3 Å². The molecule has 1 unspecified atom stereocenters. The summed E-state index contributed by atoms with van der Waals surface area (Å²) in [4.78, 5) is 0. The largest absolute Gasteiger partial charge is 0.523 e. The SMILES string of the molecule is CCCCC(CC)C(OS(=O)(=O)C(F)(F)F)OS(=O)(=O)C(F)(F)F. The molecule has 0 aromatic rings. The summed E-state index contributed by atoms with van der Waals surface area (Å²) in [5.74, 6) is -1.32. The number of alkyl halides is 6. The number of hydrogen-bond donors (Lipinski definition) is 0. The molecule has 0 N–H and O–H groups in total. The molecule has 0 aliphatic heterocycles. The molecule has 0 aliphatic carbocycles. The van der Waals surface area contributed by atoms with Gasteiger partial charge in [-0.15, -0.1) is 0 Å². The van der Waals surface area contributed by atoms with Crippen LogP contribution in [0, 0.1) is 5.92 Å². The summed E-state index contributed by atoms with van der Waals surface area (Å²) in [7, 11) is -12.7. The molecule has 0 aromatic carbocycles. The Hall–Kier alpha value is -0.600. The lowest BCUT2D eigenvalue weighted by Gasteiger charge is -2.26. The lowest BCUT2D eigenvalue weighted by Crippen LogP contribution is -2.39. The Balaban J connectivity index is 5.69. The van der Waals surface area contributed by atoms with E-state index in [-0.39, 0.29) is 19.3 Å². The molecule has 146 valence electrons. The first-order valence-corrected chi connectivity index (χ1v) is 9.39. The van der Waals surface area contributed by atoms with E-state index in [4.69, 9.17) is 0 Å². The smallest absolute Gasteiger partial charge is 0.230 e. The van der Waals surface area contributed by atoms with Gasteiger partial charge in [0.2, 0.25) is 0 Å². The molecule has 0 bridgehead atoms. The van der Waals surface area contributed by atoms with Crippen LogP contribution in [0.2, 0.25) is 0 Å². The zero-order valence-corrected chi connectivity index (χ0v) is 14.1. The van der Waals surface area contributed by atoms with Gasteiger partial charge in [-0.1, -0.05) is 26.7 Å². The summed E-state index contributed by atoms with van der Waals surface area (Å²) in [5.41, 5.74) is -11.9. The summed E-state index contributed by atoms with van der Waals surface area (Å²) in [6.45, 7) is 2.96. The van der Waals surface area contributed by atoms with E-state index in [0.29, 0.717) is 6.42 Å². The highest BCUT2D eigenvalue weighted by molar-refractivity contribution is 7.88. The Labute approximate surface area is 135 Å². The molecule has 0 saturated carbocycles. The summed E-state index contributed by atoms with van der Waals surface area (Å²) < 4.78 is 125. The minimum Gasteiger partial charge on any atom is -0.230 e. The standard InChI is InChI=1S/C10H16F6O6S2/c1-3-5-6-7(4-2)8(21-23(17,18)9(11,12)13)22-24(19,20)10(14,15)16/h7-8H,3-6H2,1-2H3. The van der Waals surface area contributed by atoms with Gasteiger partial charge in [0.25, 0.3) is 0 Å². The molecule has 1 atom stereocenters. The van der Waals surface area contributed by atoms with Crippen molar-refractivity contribution in [3.05, 3.63) is 0 Å². The first kappa shape index (κ1) is 23.4. The Morgan fingerprint density at radius 1 is 0.833 bits per heavy atom. The van der Waals surface area contributed by atoms with Gasteiger partial charge in [-0.05, 0) is 12.8 Å². The summed E-state index contributed by atoms with van der Waals surface area (Å²) >= 11 is 0. The van der Waals surface area contributed by atoms with Crippen LogP contribution in [0.25, 0.3) is 0 Å². The third kappa shape index (κ3) is 6.37. The van der Waals surface area contributed by atoms with Gasteiger partial charge in [0.1, 0.15) is 0 Å². The van der Waals surface area contributed by atoms with E-state index < -0.39 is 43.5 Å². The third-order valence-electron chi connectivity index (χ3n) is 2.85. The molecule has 0 aromatic heterocycles. The number of halogens is 6. The fourth-order valence-electron chi connectivity index (χ4n) is 1.53. The zero-order chi connectivity index (χ0) is 19.4. The highest BCUT2D eigenvalue weighted by Crippen LogP contribution is 2.33. The van der Waals surface area contributed by atoms with Crippen LogP contribution >= 0.6 is 0 Å². The van der Waals surface area contributed by atoms with Gasteiger partial charge < -0.3 is 0 Å². The number of hydrogen-bond acceptors (Lipinski definition) is 6. The molecular weight excluding hydrogens is 394 g/mol. The van der Waals surface area contributed by atoms with Crippen molar-refractivity contribution in [1.29, 1.82) is 0 Å². The Morgan fingerprint density at radius 2 is 1.21 bits per heavy atom. The predicted octanol–water partition coefficient (Wildman–Crippen LogP) is 3.26. The molecule has 0 rings (SSSR count). The van der Waals surface area contributed by atoms with Crippen LogP contribution in [0.5, 0.6) is 0 Å². The average molecular weight is 410 g/mol. The van der Waals surface area contributed by atoms with E-state index in [1.54, 1.807) is 6.92 Å². The van der Waals surface area contributed by atoms with Crippen molar-refractivity contribution in [1.82, 2.24) is 0 Å². The van der Waals surface area contributed by atoms with Crippen molar-refractivity contribution in [2.75, 3.05) is 0 Å². The maximum atomic E-state index is 12.3. The molecule has 0 radical (unpaired) electrons. The van der Waals surface area contributed by atoms with Crippen LogP contribution in [0.4, 0.5) is 26.3 Å². The second kappa shape index (κ2) is 8.19. The summed E-state index contributed by atoms with van der Waals surface area (Å²) in [5, 5.41) is 0. The topological polar surface area (TPSA) is 86.7 Å². The van der Waals surface area contributed by atoms with Crippen molar-refractivity contribution in [2.24, 2.45) is 5.92 Å². The van der Waals surface area contributed by atoms with E-state index in [0.717, 1.165) is 0 Å². The fourth-order valence-corrected chi connectivity index (χ4v) is 2.69. The van der Waals surface area contributed by atoms with Crippen LogP contribution in [-0.4, -0.2) is 34.1 Å². The van der Waals surface area contributed by atoms with Gasteiger partial charge in [-0.3, -0.25) is 0 Å². The Morgan fingerprint density at radius 3 is 1.46 bits per heavy atom. The normalized spacial score (nSPS) is 15.7. The lowest BCUT2D eigenvalue weighted by atomic mass is 9.99. The van der Waals surface area contributed by atoms with Crippen LogP contribution in [0.15, 0.2) is 0 Å². The van der Waals surface area contributed by atoms with E-state index in [1.165, 1.54) is 6.92 Å². The van der Waals surface area contributed by atoms with Crippen LogP contribution < -0.4 is 0 Å². The number of unbranched alkanes of at least 4 members (excludes halogenated alkanes) is 1. The van der Waals surface area contributed by atoms with Gasteiger partial charge in [-0.25, -0.2) is 8.37 Å². The van der Waals surface area contributed by atoms with Crippen LogP contribution in [0.1, 0.15) is 39.5 Å². The van der Waals surface area contributed by atoms with Gasteiger partial charge in [-0.2, -0.15) is 43.2 Å². The van der Waals surface area contributed by atoms with Crippen molar-refractivity contribution < 1.29 is 51.5 Å². The molecule has 0 aliphatic rings. The van der Waals surface area contributed by atoms with Gasteiger partial charge in [0.15, 0.2) is 6.29 Å². The zero-order valence-electron chi connectivity index (χ0n) is 12.5.